The molecule has 98 valence electrons. The predicted molar refractivity (Wildman–Crippen MR) is 73.7 cm³/mol. The molecule has 19 heavy (non-hydrogen) atoms. The van der Waals surface area contributed by atoms with Crippen molar-refractivity contribution in [2.45, 2.75) is 12.5 Å². The van der Waals surface area contributed by atoms with Crippen molar-refractivity contribution < 1.29 is 4.74 Å². The molecule has 0 amide bonds. The molecular weight excluding hydrogens is 266 g/mol. The lowest BCUT2D eigenvalue weighted by molar-refractivity contribution is 0.244. The van der Waals surface area contributed by atoms with Gasteiger partial charge in [-0.25, -0.2) is 0 Å². The summed E-state index contributed by atoms with van der Waals surface area (Å²) in [6, 6.07) is 6.99. The van der Waals surface area contributed by atoms with Crippen LogP contribution < -0.4 is 16.0 Å². The van der Waals surface area contributed by atoms with Crippen LogP contribution in [0.2, 0.25) is 0 Å². The molecule has 6 heteroatoms. The number of pyridine rings is 1. The van der Waals surface area contributed by atoms with Crippen LogP contribution >= 0.6 is 12.4 Å². The lowest BCUT2D eigenvalue weighted by Crippen LogP contribution is -2.24. The van der Waals surface area contributed by atoms with Crippen molar-refractivity contribution in [1.29, 1.82) is 5.26 Å². The summed E-state index contributed by atoms with van der Waals surface area (Å²) in [4.78, 5) is 14.0. The summed E-state index contributed by atoms with van der Waals surface area (Å²) in [5, 5.41) is 9.91. The molecule has 1 aliphatic heterocycles. The van der Waals surface area contributed by atoms with Crippen LogP contribution in [0.5, 0.6) is 5.75 Å². The maximum absolute atomic E-state index is 11.3. The van der Waals surface area contributed by atoms with Crippen LogP contribution in [-0.2, 0) is 6.42 Å². The van der Waals surface area contributed by atoms with Crippen molar-refractivity contribution in [3.8, 4) is 11.8 Å². The molecule has 1 atom stereocenters. The van der Waals surface area contributed by atoms with E-state index in [-0.39, 0.29) is 24.1 Å². The molecular formula is C13H12ClN3O2. The van der Waals surface area contributed by atoms with Crippen LogP contribution in [0.15, 0.2) is 23.0 Å². The third kappa shape index (κ3) is 2.05. The van der Waals surface area contributed by atoms with E-state index in [1.165, 1.54) is 6.07 Å². The second-order valence-electron chi connectivity index (χ2n) is 4.32. The molecule has 1 aromatic heterocycles. The average molecular weight is 278 g/mol. The molecule has 1 unspecified atom stereocenters. The molecule has 0 aliphatic carbocycles. The van der Waals surface area contributed by atoms with Crippen molar-refractivity contribution in [3.05, 3.63) is 39.7 Å². The van der Waals surface area contributed by atoms with Gasteiger partial charge in [-0.15, -0.1) is 12.4 Å². The Morgan fingerprint density at radius 2 is 2.32 bits per heavy atom. The number of benzene rings is 1. The van der Waals surface area contributed by atoms with E-state index >= 15 is 0 Å². The van der Waals surface area contributed by atoms with E-state index in [1.54, 1.807) is 12.1 Å². The fourth-order valence-electron chi connectivity index (χ4n) is 2.33. The molecule has 1 aliphatic rings. The van der Waals surface area contributed by atoms with Crippen LogP contribution in [0, 0.1) is 11.3 Å². The number of nitrogens with two attached hydrogens (primary N) is 1. The summed E-state index contributed by atoms with van der Waals surface area (Å²) < 4.78 is 5.75. The minimum atomic E-state index is -0.229. The number of hydrogen-bond acceptors (Lipinski definition) is 4. The summed E-state index contributed by atoms with van der Waals surface area (Å²) in [6.07, 6.45) is 0.652. The maximum atomic E-state index is 11.3. The fraction of sp³-hybridized carbons (Fsp3) is 0.231. The van der Waals surface area contributed by atoms with E-state index in [0.717, 1.165) is 16.7 Å². The number of rotatable bonds is 1. The molecule has 0 radical (unpaired) electrons. The van der Waals surface area contributed by atoms with Crippen LogP contribution in [-0.4, -0.2) is 17.6 Å². The monoisotopic (exact) mass is 277 g/mol. The Morgan fingerprint density at radius 3 is 3.00 bits per heavy atom. The van der Waals surface area contributed by atoms with E-state index in [1.807, 2.05) is 0 Å². The first-order valence-corrected chi connectivity index (χ1v) is 5.68. The van der Waals surface area contributed by atoms with E-state index < -0.39 is 0 Å². The van der Waals surface area contributed by atoms with Gasteiger partial charge in [0.1, 0.15) is 17.9 Å². The summed E-state index contributed by atoms with van der Waals surface area (Å²) >= 11 is 0. The number of nitrogens with zero attached hydrogens (tertiary/aromatic N) is 1. The molecule has 2 heterocycles. The molecule has 0 spiro atoms. The predicted octanol–water partition coefficient (Wildman–Crippen LogP) is 1.08. The SMILES string of the molecule is Cl.N#Cc1cc2c(c3ccc(=O)[nH]c13)OC(CN)C2. The van der Waals surface area contributed by atoms with E-state index in [0.29, 0.717) is 24.0 Å². The number of nitriles is 1. The van der Waals surface area contributed by atoms with Crippen molar-refractivity contribution in [1.82, 2.24) is 4.98 Å². The minimum Gasteiger partial charge on any atom is -0.488 e. The summed E-state index contributed by atoms with van der Waals surface area (Å²) in [6.45, 7) is 0.432. The number of hydrogen-bond donors (Lipinski definition) is 2. The van der Waals surface area contributed by atoms with E-state index in [9.17, 15) is 4.79 Å². The van der Waals surface area contributed by atoms with Crippen LogP contribution in [0.4, 0.5) is 0 Å². The van der Waals surface area contributed by atoms with Gasteiger partial charge in [0.15, 0.2) is 0 Å². The zero-order valence-electron chi connectivity index (χ0n) is 9.97. The fourth-order valence-corrected chi connectivity index (χ4v) is 2.33. The zero-order chi connectivity index (χ0) is 12.7. The average Bonchev–Trinajstić information content (AvgIpc) is 2.80. The highest BCUT2D eigenvalue weighted by molar-refractivity contribution is 5.91. The molecule has 3 N–H and O–H groups in total. The lowest BCUT2D eigenvalue weighted by Gasteiger charge is -2.08. The molecule has 0 fully saturated rings. The van der Waals surface area contributed by atoms with Crippen molar-refractivity contribution in [3.63, 3.8) is 0 Å². The van der Waals surface area contributed by atoms with E-state index in [2.05, 4.69) is 11.1 Å². The number of aromatic amines is 1. The number of H-pyrrole nitrogens is 1. The quantitative estimate of drug-likeness (QED) is 0.816. The molecule has 0 saturated carbocycles. The van der Waals surface area contributed by atoms with Crippen LogP contribution in [0.3, 0.4) is 0 Å². The van der Waals surface area contributed by atoms with Crippen molar-refractivity contribution in [2.75, 3.05) is 6.54 Å². The van der Waals surface area contributed by atoms with Gasteiger partial charge >= 0.3 is 0 Å². The third-order valence-electron chi connectivity index (χ3n) is 3.16. The first kappa shape index (κ1) is 13.4. The van der Waals surface area contributed by atoms with Gasteiger partial charge in [-0.2, -0.15) is 5.26 Å². The van der Waals surface area contributed by atoms with Crippen molar-refractivity contribution >= 4 is 23.3 Å². The number of fused-ring (bicyclic) bond motifs is 3. The molecule has 3 rings (SSSR count). The van der Waals surface area contributed by atoms with Gasteiger partial charge in [0.25, 0.3) is 0 Å². The Labute approximate surface area is 115 Å². The maximum Gasteiger partial charge on any atom is 0.248 e. The number of nitrogens with one attached hydrogen (secondary N) is 1. The molecule has 2 aromatic rings. The normalized spacial score (nSPS) is 16.3. The third-order valence-corrected chi connectivity index (χ3v) is 3.16. The van der Waals surface area contributed by atoms with Gasteiger partial charge in [-0.1, -0.05) is 0 Å². The van der Waals surface area contributed by atoms with Crippen LogP contribution in [0.1, 0.15) is 11.1 Å². The number of halogens is 1. The van der Waals surface area contributed by atoms with Gasteiger partial charge in [-0.3, -0.25) is 4.79 Å². The first-order valence-electron chi connectivity index (χ1n) is 5.68. The molecule has 0 saturated heterocycles. The van der Waals surface area contributed by atoms with Gasteiger partial charge in [0, 0.05) is 24.4 Å². The summed E-state index contributed by atoms with van der Waals surface area (Å²) in [5.74, 6) is 0.732. The molecule has 1 aromatic carbocycles. The topological polar surface area (TPSA) is 91.9 Å². The Morgan fingerprint density at radius 1 is 1.53 bits per heavy atom. The van der Waals surface area contributed by atoms with Crippen LogP contribution in [0.25, 0.3) is 10.9 Å². The van der Waals surface area contributed by atoms with E-state index in [4.69, 9.17) is 15.7 Å². The van der Waals surface area contributed by atoms with Gasteiger partial charge < -0.3 is 15.5 Å². The summed E-state index contributed by atoms with van der Waals surface area (Å²) in [7, 11) is 0. The van der Waals surface area contributed by atoms with Crippen molar-refractivity contribution in [2.24, 2.45) is 5.73 Å². The lowest BCUT2D eigenvalue weighted by atomic mass is 10.0. The molecule has 5 nitrogen and oxygen atoms in total. The highest BCUT2D eigenvalue weighted by atomic mass is 35.5. The molecule has 0 bridgehead atoms. The second-order valence-corrected chi connectivity index (χ2v) is 4.32. The van der Waals surface area contributed by atoms with Gasteiger partial charge in [0.2, 0.25) is 5.56 Å². The Bertz CT molecular complexity index is 733. The second kappa shape index (κ2) is 4.92. The first-order chi connectivity index (χ1) is 8.72. The zero-order valence-corrected chi connectivity index (χ0v) is 10.8. The standard InChI is InChI=1S/C13H11N3O2.ClH/c14-5-8-3-7-4-9(6-15)18-13(7)10-1-2-11(17)16-12(8)10;/h1-3,9H,4,6,15H2,(H,16,17);1H. The number of ether oxygens (including phenoxy) is 1. The number of aromatic nitrogens is 1. The smallest absolute Gasteiger partial charge is 0.248 e. The Kier molecular flexibility index (Phi) is 3.47. The van der Waals surface area contributed by atoms with Gasteiger partial charge in [0.05, 0.1) is 11.1 Å². The Hall–Kier alpha value is -2.03. The van der Waals surface area contributed by atoms with Gasteiger partial charge in [-0.05, 0) is 17.7 Å². The highest BCUT2D eigenvalue weighted by Gasteiger charge is 2.25. The minimum absolute atomic E-state index is 0. The highest BCUT2D eigenvalue weighted by Crippen LogP contribution is 2.36. The largest absolute Gasteiger partial charge is 0.488 e. The summed E-state index contributed by atoms with van der Waals surface area (Å²) in [5.41, 5.74) is 7.34. The Balaban J connectivity index is 0.00000133.